The van der Waals surface area contributed by atoms with Gasteiger partial charge in [-0.3, -0.25) is 9.58 Å². The van der Waals surface area contributed by atoms with E-state index in [2.05, 4.69) is 21.0 Å². The lowest BCUT2D eigenvalue weighted by Gasteiger charge is -2.35. The molecule has 3 aromatic heterocycles. The summed E-state index contributed by atoms with van der Waals surface area (Å²) < 4.78 is 16.9. The standard InChI is InChI=1S/C22H24FN7O/c1-27-14-17(13-24-27)19-12-21(29-8-6-28(7-9-29)10-11-31)26-30-15-20(25-22(19)30)16-2-4-18(23)5-3-16/h2-5,12-15,31H,6-11H2,1H3. The number of aromatic nitrogens is 5. The zero-order valence-electron chi connectivity index (χ0n) is 17.3. The van der Waals surface area contributed by atoms with E-state index >= 15 is 0 Å². The quantitative estimate of drug-likeness (QED) is 0.532. The van der Waals surface area contributed by atoms with Crippen molar-refractivity contribution in [3.05, 3.63) is 54.7 Å². The third kappa shape index (κ3) is 3.89. The number of hydrogen-bond donors (Lipinski definition) is 1. The van der Waals surface area contributed by atoms with Crippen LogP contribution < -0.4 is 4.90 Å². The van der Waals surface area contributed by atoms with Crippen LogP contribution in [0.2, 0.25) is 0 Å². The number of nitrogens with zero attached hydrogens (tertiary/aromatic N) is 7. The maximum atomic E-state index is 13.4. The summed E-state index contributed by atoms with van der Waals surface area (Å²) in [6.07, 6.45) is 5.67. The summed E-state index contributed by atoms with van der Waals surface area (Å²) in [6.45, 7) is 4.32. The Morgan fingerprint density at radius 3 is 2.48 bits per heavy atom. The van der Waals surface area contributed by atoms with Gasteiger partial charge in [-0.1, -0.05) is 0 Å². The van der Waals surface area contributed by atoms with Crippen molar-refractivity contribution in [1.29, 1.82) is 0 Å². The third-order valence-corrected chi connectivity index (χ3v) is 5.68. The van der Waals surface area contributed by atoms with E-state index in [0.717, 1.165) is 60.0 Å². The van der Waals surface area contributed by atoms with Gasteiger partial charge in [-0.15, -0.1) is 5.10 Å². The molecule has 0 unspecified atom stereocenters. The lowest BCUT2D eigenvalue weighted by atomic mass is 10.1. The average Bonchev–Trinajstić information content (AvgIpc) is 3.40. The highest BCUT2D eigenvalue weighted by molar-refractivity contribution is 5.80. The Morgan fingerprint density at radius 1 is 1.03 bits per heavy atom. The molecule has 9 heteroatoms. The topological polar surface area (TPSA) is 74.7 Å². The zero-order chi connectivity index (χ0) is 21.4. The van der Waals surface area contributed by atoms with Gasteiger partial charge in [0.15, 0.2) is 5.65 Å². The van der Waals surface area contributed by atoms with Gasteiger partial charge in [0.2, 0.25) is 0 Å². The molecule has 1 fully saturated rings. The first kappa shape index (κ1) is 19.7. The maximum absolute atomic E-state index is 13.4. The van der Waals surface area contributed by atoms with Crippen LogP contribution in [0, 0.1) is 5.82 Å². The summed E-state index contributed by atoms with van der Waals surface area (Å²) in [6, 6.07) is 8.39. The first-order valence-electron chi connectivity index (χ1n) is 10.3. The molecule has 31 heavy (non-hydrogen) atoms. The van der Waals surface area contributed by atoms with Crippen LogP contribution in [-0.2, 0) is 7.05 Å². The van der Waals surface area contributed by atoms with Gasteiger partial charge in [0.25, 0.3) is 0 Å². The van der Waals surface area contributed by atoms with Crippen molar-refractivity contribution in [3.63, 3.8) is 0 Å². The SMILES string of the molecule is Cn1cc(-c2cc(N3CCN(CCO)CC3)nn3cc(-c4ccc(F)cc4)nc23)cn1. The molecule has 8 nitrogen and oxygen atoms in total. The van der Waals surface area contributed by atoms with Crippen LogP contribution in [0.15, 0.2) is 48.9 Å². The number of fused-ring (bicyclic) bond motifs is 1. The molecular weight excluding hydrogens is 397 g/mol. The molecule has 4 aromatic rings. The second-order valence-corrected chi connectivity index (χ2v) is 7.77. The second kappa shape index (κ2) is 8.09. The summed E-state index contributed by atoms with van der Waals surface area (Å²) in [4.78, 5) is 9.31. The van der Waals surface area contributed by atoms with E-state index in [0.29, 0.717) is 6.54 Å². The Kier molecular flexibility index (Phi) is 5.13. The van der Waals surface area contributed by atoms with Crippen molar-refractivity contribution in [2.24, 2.45) is 7.05 Å². The molecular formula is C22H24FN7O. The molecule has 4 heterocycles. The predicted octanol–water partition coefficient (Wildman–Crippen LogP) is 2.05. The van der Waals surface area contributed by atoms with Crippen molar-refractivity contribution >= 4 is 11.5 Å². The number of aliphatic hydroxyl groups excluding tert-OH is 1. The smallest absolute Gasteiger partial charge is 0.162 e. The molecule has 0 amide bonds. The average molecular weight is 421 g/mol. The number of imidazole rings is 1. The molecule has 1 aliphatic rings. The van der Waals surface area contributed by atoms with Gasteiger partial charge >= 0.3 is 0 Å². The van der Waals surface area contributed by atoms with Gasteiger partial charge < -0.3 is 10.0 Å². The zero-order valence-corrected chi connectivity index (χ0v) is 17.3. The largest absolute Gasteiger partial charge is 0.395 e. The minimum absolute atomic E-state index is 0.177. The van der Waals surface area contributed by atoms with E-state index in [4.69, 9.17) is 10.1 Å². The fourth-order valence-corrected chi connectivity index (χ4v) is 3.99. The molecule has 0 radical (unpaired) electrons. The Balaban J connectivity index is 1.57. The van der Waals surface area contributed by atoms with Crippen LogP contribution in [0.3, 0.4) is 0 Å². The molecule has 0 saturated carbocycles. The van der Waals surface area contributed by atoms with Crippen LogP contribution in [-0.4, -0.2) is 73.7 Å². The summed E-state index contributed by atoms with van der Waals surface area (Å²) in [5.74, 6) is 0.599. The number of benzene rings is 1. The number of aliphatic hydroxyl groups is 1. The van der Waals surface area contributed by atoms with Gasteiger partial charge in [0.1, 0.15) is 11.6 Å². The van der Waals surface area contributed by atoms with Crippen LogP contribution in [0.1, 0.15) is 0 Å². The molecule has 1 aliphatic heterocycles. The van der Waals surface area contributed by atoms with Gasteiger partial charge in [0.05, 0.1) is 24.7 Å². The summed E-state index contributed by atoms with van der Waals surface area (Å²) in [5.41, 5.74) is 4.22. The Labute approximate surface area is 179 Å². The number of aryl methyl sites for hydroxylation is 1. The highest BCUT2D eigenvalue weighted by Crippen LogP contribution is 2.30. The Hall–Kier alpha value is -3.30. The van der Waals surface area contributed by atoms with E-state index in [-0.39, 0.29) is 12.4 Å². The molecule has 0 aliphatic carbocycles. The summed E-state index contributed by atoms with van der Waals surface area (Å²) in [7, 11) is 1.89. The molecule has 0 bridgehead atoms. The highest BCUT2D eigenvalue weighted by Gasteiger charge is 2.21. The molecule has 0 atom stereocenters. The Morgan fingerprint density at radius 2 is 1.81 bits per heavy atom. The molecule has 1 aromatic carbocycles. The highest BCUT2D eigenvalue weighted by atomic mass is 19.1. The Bertz CT molecular complexity index is 1190. The van der Waals surface area contributed by atoms with Gasteiger partial charge in [-0.05, 0) is 30.3 Å². The number of rotatable bonds is 5. The van der Waals surface area contributed by atoms with Crippen LogP contribution >= 0.6 is 0 Å². The third-order valence-electron chi connectivity index (χ3n) is 5.68. The number of halogens is 1. The first-order chi connectivity index (χ1) is 15.1. The van der Waals surface area contributed by atoms with E-state index in [1.165, 1.54) is 12.1 Å². The monoisotopic (exact) mass is 421 g/mol. The number of anilines is 1. The summed E-state index contributed by atoms with van der Waals surface area (Å²) >= 11 is 0. The van der Waals surface area contributed by atoms with E-state index in [1.807, 2.05) is 25.6 Å². The van der Waals surface area contributed by atoms with Gasteiger partial charge in [-0.25, -0.2) is 13.9 Å². The molecule has 0 spiro atoms. The molecule has 160 valence electrons. The molecule has 5 rings (SSSR count). The van der Waals surface area contributed by atoms with Crippen molar-refractivity contribution < 1.29 is 9.50 Å². The van der Waals surface area contributed by atoms with Crippen molar-refractivity contribution in [2.45, 2.75) is 0 Å². The maximum Gasteiger partial charge on any atom is 0.162 e. The normalized spacial score (nSPS) is 15.1. The van der Waals surface area contributed by atoms with Crippen molar-refractivity contribution in [2.75, 3.05) is 44.2 Å². The minimum atomic E-state index is -0.274. The number of piperazine rings is 1. The molecule has 1 N–H and O–H groups in total. The van der Waals surface area contributed by atoms with E-state index in [9.17, 15) is 9.50 Å². The fraction of sp³-hybridized carbons (Fsp3) is 0.318. The van der Waals surface area contributed by atoms with E-state index < -0.39 is 0 Å². The van der Waals surface area contributed by atoms with Crippen molar-refractivity contribution in [3.8, 4) is 22.4 Å². The molecule has 1 saturated heterocycles. The number of β-amino-alcohol motifs (C(OH)–C–C–N with tert-alkyl or cyclic N) is 1. The second-order valence-electron chi connectivity index (χ2n) is 7.77. The predicted molar refractivity (Wildman–Crippen MR) is 116 cm³/mol. The lowest BCUT2D eigenvalue weighted by molar-refractivity contribution is 0.188. The van der Waals surface area contributed by atoms with Crippen LogP contribution in [0.25, 0.3) is 28.0 Å². The minimum Gasteiger partial charge on any atom is -0.395 e. The lowest BCUT2D eigenvalue weighted by Crippen LogP contribution is -2.47. The van der Waals surface area contributed by atoms with Crippen molar-refractivity contribution in [1.82, 2.24) is 29.3 Å². The summed E-state index contributed by atoms with van der Waals surface area (Å²) in [5, 5.41) is 18.3. The fourth-order valence-electron chi connectivity index (χ4n) is 3.99. The first-order valence-corrected chi connectivity index (χ1v) is 10.3. The number of hydrogen-bond acceptors (Lipinski definition) is 6. The van der Waals surface area contributed by atoms with Crippen LogP contribution in [0.5, 0.6) is 0 Å². The van der Waals surface area contributed by atoms with Gasteiger partial charge in [0, 0.05) is 62.7 Å². The van der Waals surface area contributed by atoms with Crippen LogP contribution in [0.4, 0.5) is 10.2 Å². The van der Waals surface area contributed by atoms with E-state index in [1.54, 1.807) is 21.3 Å². The van der Waals surface area contributed by atoms with Gasteiger partial charge in [-0.2, -0.15) is 5.10 Å².